The van der Waals surface area contributed by atoms with Crippen molar-refractivity contribution in [1.29, 1.82) is 0 Å². The lowest BCUT2D eigenvalue weighted by Gasteiger charge is -2.11. The van der Waals surface area contributed by atoms with Gasteiger partial charge in [0, 0.05) is 23.9 Å². The van der Waals surface area contributed by atoms with Crippen LogP contribution in [0.25, 0.3) is 10.7 Å². The minimum Gasteiger partial charge on any atom is -0.494 e. The van der Waals surface area contributed by atoms with E-state index < -0.39 is 0 Å². The predicted molar refractivity (Wildman–Crippen MR) is 101 cm³/mol. The van der Waals surface area contributed by atoms with Gasteiger partial charge < -0.3 is 9.30 Å². The Morgan fingerprint density at radius 2 is 2.16 bits per heavy atom. The average molecular weight is 374 g/mol. The Morgan fingerprint density at radius 1 is 1.32 bits per heavy atom. The molecule has 3 rings (SSSR count). The molecule has 0 unspecified atom stereocenters. The van der Waals surface area contributed by atoms with Crippen LogP contribution in [0.3, 0.4) is 0 Å². The minimum absolute atomic E-state index is 0.0490. The van der Waals surface area contributed by atoms with Crippen LogP contribution in [-0.4, -0.2) is 27.2 Å². The number of hydrogen-bond donors (Lipinski definition) is 0. The standard InChI is InChI=1S/C18H19N3O2S2/c1-4-23-15-8-7-13(12(2)22)10-14(15)11-25-18-20-19-17(21(18)3)16-6-5-9-24-16/h5-10H,4,11H2,1-3H3. The van der Waals surface area contributed by atoms with Crippen molar-refractivity contribution < 1.29 is 9.53 Å². The molecule has 0 saturated heterocycles. The number of hydrogen-bond acceptors (Lipinski definition) is 6. The third-order valence-corrected chi connectivity index (χ3v) is 5.63. The van der Waals surface area contributed by atoms with E-state index in [4.69, 9.17) is 4.74 Å². The number of ketones is 1. The predicted octanol–water partition coefficient (Wildman–Crippen LogP) is 4.44. The molecular weight excluding hydrogens is 354 g/mol. The van der Waals surface area contributed by atoms with E-state index in [9.17, 15) is 4.79 Å². The van der Waals surface area contributed by atoms with Crippen molar-refractivity contribution in [2.75, 3.05) is 6.61 Å². The van der Waals surface area contributed by atoms with Crippen LogP contribution in [0.2, 0.25) is 0 Å². The molecule has 25 heavy (non-hydrogen) atoms. The van der Waals surface area contributed by atoms with Gasteiger partial charge in [-0.15, -0.1) is 21.5 Å². The summed E-state index contributed by atoms with van der Waals surface area (Å²) in [5.74, 6) is 2.38. The van der Waals surface area contributed by atoms with E-state index in [-0.39, 0.29) is 5.78 Å². The third kappa shape index (κ3) is 3.93. The highest BCUT2D eigenvalue weighted by atomic mass is 32.2. The summed E-state index contributed by atoms with van der Waals surface area (Å²) in [6, 6.07) is 9.61. The Hall–Kier alpha value is -2.12. The number of nitrogens with zero attached hydrogens (tertiary/aromatic N) is 3. The van der Waals surface area contributed by atoms with E-state index in [1.165, 1.54) is 0 Å². The molecule has 0 saturated carbocycles. The number of carbonyl (C=O) groups is 1. The maximum absolute atomic E-state index is 11.7. The van der Waals surface area contributed by atoms with Gasteiger partial charge in [-0.3, -0.25) is 4.79 Å². The Bertz CT molecular complexity index is 873. The van der Waals surface area contributed by atoms with Crippen molar-refractivity contribution in [3.05, 3.63) is 46.8 Å². The van der Waals surface area contributed by atoms with Gasteiger partial charge in [0.15, 0.2) is 16.8 Å². The summed E-state index contributed by atoms with van der Waals surface area (Å²) in [5, 5.41) is 11.4. The molecule has 0 aliphatic carbocycles. The Kier molecular flexibility index (Phi) is 5.55. The monoisotopic (exact) mass is 373 g/mol. The number of Topliss-reactive ketones (excluding diaryl/α,β-unsaturated/α-hetero) is 1. The number of aromatic nitrogens is 3. The largest absolute Gasteiger partial charge is 0.494 e. The van der Waals surface area contributed by atoms with E-state index in [0.29, 0.717) is 17.9 Å². The molecular formula is C18H19N3O2S2. The fraction of sp³-hybridized carbons (Fsp3) is 0.278. The van der Waals surface area contributed by atoms with Crippen LogP contribution in [0.5, 0.6) is 5.75 Å². The topological polar surface area (TPSA) is 57.0 Å². The van der Waals surface area contributed by atoms with Gasteiger partial charge in [0.05, 0.1) is 11.5 Å². The lowest BCUT2D eigenvalue weighted by Crippen LogP contribution is -2.00. The average Bonchev–Trinajstić information content (AvgIpc) is 3.24. The Labute approximate surface area is 155 Å². The SMILES string of the molecule is CCOc1ccc(C(C)=O)cc1CSc1nnc(-c2cccs2)n1C. The maximum Gasteiger partial charge on any atom is 0.191 e. The molecule has 0 aliphatic heterocycles. The van der Waals surface area contributed by atoms with Gasteiger partial charge in [0.25, 0.3) is 0 Å². The first-order chi connectivity index (χ1) is 12.1. The highest BCUT2D eigenvalue weighted by Gasteiger charge is 2.14. The van der Waals surface area contributed by atoms with Crippen molar-refractivity contribution in [3.8, 4) is 16.5 Å². The Balaban J connectivity index is 1.81. The van der Waals surface area contributed by atoms with Crippen LogP contribution in [0.4, 0.5) is 0 Å². The minimum atomic E-state index is 0.0490. The van der Waals surface area contributed by atoms with Crippen molar-refractivity contribution in [2.45, 2.75) is 24.8 Å². The molecule has 0 fully saturated rings. The van der Waals surface area contributed by atoms with Crippen molar-refractivity contribution in [3.63, 3.8) is 0 Å². The summed E-state index contributed by atoms with van der Waals surface area (Å²) in [5.41, 5.74) is 1.68. The first kappa shape index (κ1) is 17.7. The second-order valence-electron chi connectivity index (χ2n) is 5.44. The summed E-state index contributed by atoms with van der Waals surface area (Å²) >= 11 is 3.22. The first-order valence-corrected chi connectivity index (χ1v) is 9.79. The van der Waals surface area contributed by atoms with E-state index in [2.05, 4.69) is 10.2 Å². The van der Waals surface area contributed by atoms with E-state index in [0.717, 1.165) is 27.2 Å². The van der Waals surface area contributed by atoms with Gasteiger partial charge in [0.2, 0.25) is 0 Å². The zero-order valence-electron chi connectivity index (χ0n) is 14.4. The van der Waals surface area contributed by atoms with Crippen LogP contribution in [0.15, 0.2) is 40.9 Å². The highest BCUT2D eigenvalue weighted by molar-refractivity contribution is 7.98. The summed E-state index contributed by atoms with van der Waals surface area (Å²) in [7, 11) is 1.97. The van der Waals surface area contributed by atoms with E-state index >= 15 is 0 Å². The molecule has 0 radical (unpaired) electrons. The number of ether oxygens (including phenoxy) is 1. The van der Waals surface area contributed by atoms with Crippen LogP contribution >= 0.6 is 23.1 Å². The molecule has 2 aromatic heterocycles. The number of thioether (sulfide) groups is 1. The van der Waals surface area contributed by atoms with Crippen molar-refractivity contribution in [1.82, 2.24) is 14.8 Å². The third-order valence-electron chi connectivity index (χ3n) is 3.70. The molecule has 7 heteroatoms. The second-order valence-corrected chi connectivity index (χ2v) is 7.33. The molecule has 0 bridgehead atoms. The molecule has 0 atom stereocenters. The number of rotatable bonds is 7. The number of benzene rings is 1. The normalized spacial score (nSPS) is 10.8. The molecule has 0 spiro atoms. The van der Waals surface area contributed by atoms with Crippen LogP contribution < -0.4 is 4.74 Å². The van der Waals surface area contributed by atoms with Crippen LogP contribution in [0, 0.1) is 0 Å². The lowest BCUT2D eigenvalue weighted by atomic mass is 10.1. The molecule has 2 heterocycles. The summed E-state index contributed by atoms with van der Waals surface area (Å²) < 4.78 is 7.68. The van der Waals surface area contributed by atoms with E-state index in [1.54, 1.807) is 36.1 Å². The molecule has 0 N–H and O–H groups in total. The molecule has 3 aromatic rings. The van der Waals surface area contributed by atoms with Crippen LogP contribution in [0.1, 0.15) is 29.8 Å². The first-order valence-electron chi connectivity index (χ1n) is 7.93. The zero-order valence-corrected chi connectivity index (χ0v) is 16.0. The van der Waals surface area contributed by atoms with Gasteiger partial charge in [-0.25, -0.2) is 0 Å². The van der Waals surface area contributed by atoms with Crippen LogP contribution in [-0.2, 0) is 12.8 Å². The van der Waals surface area contributed by atoms with Gasteiger partial charge in [0.1, 0.15) is 5.75 Å². The van der Waals surface area contributed by atoms with E-state index in [1.807, 2.05) is 48.2 Å². The molecule has 0 amide bonds. The maximum atomic E-state index is 11.7. The fourth-order valence-corrected chi connectivity index (χ4v) is 4.04. The molecule has 130 valence electrons. The van der Waals surface area contributed by atoms with Gasteiger partial charge >= 0.3 is 0 Å². The number of thiophene rings is 1. The zero-order chi connectivity index (χ0) is 17.8. The molecule has 0 aliphatic rings. The number of carbonyl (C=O) groups excluding carboxylic acids is 1. The smallest absolute Gasteiger partial charge is 0.191 e. The summed E-state index contributed by atoms with van der Waals surface area (Å²) in [4.78, 5) is 12.7. The van der Waals surface area contributed by atoms with Gasteiger partial charge in [-0.1, -0.05) is 17.8 Å². The summed E-state index contributed by atoms with van der Waals surface area (Å²) in [6.45, 7) is 4.11. The second kappa shape index (κ2) is 7.84. The highest BCUT2D eigenvalue weighted by Crippen LogP contribution is 2.31. The van der Waals surface area contributed by atoms with Gasteiger partial charge in [-0.05, 0) is 43.5 Å². The van der Waals surface area contributed by atoms with Crippen molar-refractivity contribution >= 4 is 28.9 Å². The van der Waals surface area contributed by atoms with Gasteiger partial charge in [-0.2, -0.15) is 0 Å². The van der Waals surface area contributed by atoms with Crippen molar-refractivity contribution in [2.24, 2.45) is 7.05 Å². The fourth-order valence-electron chi connectivity index (χ4n) is 2.41. The lowest BCUT2D eigenvalue weighted by molar-refractivity contribution is 0.101. The quantitative estimate of drug-likeness (QED) is 0.453. The molecule has 5 nitrogen and oxygen atoms in total. The molecule has 1 aromatic carbocycles. The Morgan fingerprint density at radius 3 is 2.84 bits per heavy atom. The summed E-state index contributed by atoms with van der Waals surface area (Å²) in [6.07, 6.45) is 0.